The predicted octanol–water partition coefficient (Wildman–Crippen LogP) is 2.26. The zero-order valence-corrected chi connectivity index (χ0v) is 8.72. The van der Waals surface area contributed by atoms with Crippen molar-refractivity contribution in [2.24, 2.45) is 0 Å². The Hall–Kier alpha value is -1.53. The Morgan fingerprint density at radius 2 is 2.12 bits per heavy atom. The van der Waals surface area contributed by atoms with Crippen molar-refractivity contribution in [3.8, 4) is 0 Å². The Kier molecular flexibility index (Phi) is 3.56. The monoisotopic (exact) mass is 237 g/mol. The summed E-state index contributed by atoms with van der Waals surface area (Å²) in [6, 6.07) is 0. The highest BCUT2D eigenvalue weighted by molar-refractivity contribution is 5.87. The lowest BCUT2D eigenvalue weighted by atomic mass is 10.4. The molecule has 0 aromatic carbocycles. The van der Waals surface area contributed by atoms with Gasteiger partial charge in [0.1, 0.15) is 6.42 Å². The van der Waals surface area contributed by atoms with Gasteiger partial charge in [-0.3, -0.25) is 0 Å². The number of esters is 1. The van der Waals surface area contributed by atoms with Gasteiger partial charge in [0.25, 0.3) is 0 Å². The first-order chi connectivity index (χ1) is 7.33. The molecule has 0 fully saturated rings. The zero-order chi connectivity index (χ0) is 12.3. The zero-order valence-electron chi connectivity index (χ0n) is 8.72. The number of ether oxygens (including phenoxy) is 1. The quantitative estimate of drug-likeness (QED) is 0.756. The SMILES string of the molecule is CCOC(=O)c1oc(CC(F)(F)F)nc1C. The standard InChI is InChI=1S/C9H10F3NO3/c1-3-15-8(14)7-5(2)13-6(16-7)4-9(10,11)12/h3-4H2,1-2H3. The molecule has 1 aromatic rings. The fraction of sp³-hybridized carbons (Fsp3) is 0.556. The molecule has 0 saturated heterocycles. The fourth-order valence-corrected chi connectivity index (χ4v) is 1.09. The lowest BCUT2D eigenvalue weighted by Gasteiger charge is -2.01. The van der Waals surface area contributed by atoms with E-state index in [2.05, 4.69) is 9.72 Å². The van der Waals surface area contributed by atoms with Crippen molar-refractivity contribution in [1.29, 1.82) is 0 Å². The average Bonchev–Trinajstić information content (AvgIpc) is 2.44. The molecular formula is C9H10F3NO3. The Bertz CT molecular complexity index is 384. The average molecular weight is 237 g/mol. The van der Waals surface area contributed by atoms with Gasteiger partial charge >= 0.3 is 12.1 Å². The molecule has 0 aliphatic heterocycles. The van der Waals surface area contributed by atoms with Gasteiger partial charge in [-0.1, -0.05) is 0 Å². The molecule has 0 saturated carbocycles. The third kappa shape index (κ3) is 3.25. The molecular weight excluding hydrogens is 227 g/mol. The number of halogens is 3. The predicted molar refractivity (Wildman–Crippen MR) is 47.0 cm³/mol. The first-order valence-corrected chi connectivity index (χ1v) is 4.53. The number of rotatable bonds is 3. The largest absolute Gasteiger partial charge is 0.460 e. The minimum absolute atomic E-state index is 0.0951. The van der Waals surface area contributed by atoms with Crippen LogP contribution in [-0.4, -0.2) is 23.7 Å². The third-order valence-electron chi connectivity index (χ3n) is 1.65. The van der Waals surface area contributed by atoms with Gasteiger partial charge in [0, 0.05) is 0 Å². The van der Waals surface area contributed by atoms with Crippen LogP contribution in [0.4, 0.5) is 13.2 Å². The van der Waals surface area contributed by atoms with Crippen molar-refractivity contribution in [2.75, 3.05) is 6.61 Å². The smallest absolute Gasteiger partial charge is 0.397 e. The van der Waals surface area contributed by atoms with E-state index in [9.17, 15) is 18.0 Å². The minimum Gasteiger partial charge on any atom is -0.460 e. The van der Waals surface area contributed by atoms with Gasteiger partial charge in [0.15, 0.2) is 0 Å². The molecule has 0 spiro atoms. The number of oxazole rings is 1. The number of carbonyl (C=O) groups is 1. The summed E-state index contributed by atoms with van der Waals surface area (Å²) in [6.07, 6.45) is -5.71. The molecule has 0 unspecified atom stereocenters. The van der Waals surface area contributed by atoms with E-state index in [4.69, 9.17) is 4.42 Å². The van der Waals surface area contributed by atoms with Crippen LogP contribution in [0.2, 0.25) is 0 Å². The van der Waals surface area contributed by atoms with Crippen LogP contribution in [0.15, 0.2) is 4.42 Å². The van der Waals surface area contributed by atoms with E-state index in [0.717, 1.165) is 0 Å². The number of hydrogen-bond acceptors (Lipinski definition) is 4. The van der Waals surface area contributed by atoms with Crippen molar-refractivity contribution in [3.63, 3.8) is 0 Å². The highest BCUT2D eigenvalue weighted by atomic mass is 19.4. The molecule has 1 aromatic heterocycles. The van der Waals surface area contributed by atoms with E-state index < -0.39 is 24.5 Å². The van der Waals surface area contributed by atoms with Gasteiger partial charge < -0.3 is 9.15 Å². The second-order valence-electron chi connectivity index (χ2n) is 3.03. The maximum Gasteiger partial charge on any atom is 0.397 e. The van der Waals surface area contributed by atoms with E-state index in [1.807, 2.05) is 0 Å². The molecule has 0 aliphatic carbocycles. The van der Waals surface area contributed by atoms with Crippen LogP contribution in [0.1, 0.15) is 29.1 Å². The van der Waals surface area contributed by atoms with E-state index in [0.29, 0.717) is 0 Å². The molecule has 1 rings (SSSR count). The Labute approximate surface area is 89.4 Å². The number of aryl methyl sites for hydroxylation is 1. The highest BCUT2D eigenvalue weighted by Crippen LogP contribution is 2.22. The van der Waals surface area contributed by atoms with Crippen LogP contribution in [0.25, 0.3) is 0 Å². The summed E-state index contributed by atoms with van der Waals surface area (Å²) in [5.41, 5.74) is 0.0951. The van der Waals surface area contributed by atoms with Gasteiger partial charge in [0.05, 0.1) is 12.3 Å². The number of hydrogen-bond donors (Lipinski definition) is 0. The van der Waals surface area contributed by atoms with Gasteiger partial charge in [-0.05, 0) is 13.8 Å². The van der Waals surface area contributed by atoms with Gasteiger partial charge in [-0.2, -0.15) is 13.2 Å². The van der Waals surface area contributed by atoms with Crippen LogP contribution in [-0.2, 0) is 11.2 Å². The van der Waals surface area contributed by atoms with E-state index in [1.165, 1.54) is 6.92 Å². The van der Waals surface area contributed by atoms with Crippen molar-refractivity contribution in [1.82, 2.24) is 4.98 Å². The van der Waals surface area contributed by atoms with Crippen molar-refractivity contribution >= 4 is 5.97 Å². The molecule has 0 radical (unpaired) electrons. The summed E-state index contributed by atoms with van der Waals surface area (Å²) in [5, 5.41) is 0. The molecule has 0 bridgehead atoms. The van der Waals surface area contributed by atoms with Gasteiger partial charge in [-0.15, -0.1) is 0 Å². The second-order valence-corrected chi connectivity index (χ2v) is 3.03. The minimum atomic E-state index is -4.41. The maximum atomic E-state index is 12.0. The molecule has 4 nitrogen and oxygen atoms in total. The van der Waals surface area contributed by atoms with Crippen molar-refractivity contribution < 1.29 is 27.1 Å². The molecule has 1 heterocycles. The number of nitrogens with zero attached hydrogens (tertiary/aromatic N) is 1. The Morgan fingerprint density at radius 3 is 2.62 bits per heavy atom. The summed E-state index contributed by atoms with van der Waals surface area (Å²) in [6.45, 7) is 3.09. The number of aromatic nitrogens is 1. The Balaban J connectivity index is 2.86. The first kappa shape index (κ1) is 12.5. The first-order valence-electron chi connectivity index (χ1n) is 4.53. The lowest BCUT2D eigenvalue weighted by molar-refractivity contribution is -0.130. The third-order valence-corrected chi connectivity index (χ3v) is 1.65. The van der Waals surface area contributed by atoms with Crippen molar-refractivity contribution in [2.45, 2.75) is 26.4 Å². The number of carbonyl (C=O) groups excluding carboxylic acids is 1. The number of alkyl halides is 3. The molecule has 0 amide bonds. The molecule has 0 N–H and O–H groups in total. The molecule has 7 heteroatoms. The molecule has 90 valence electrons. The summed E-state index contributed by atoms with van der Waals surface area (Å²) in [7, 11) is 0. The molecule has 0 atom stereocenters. The van der Waals surface area contributed by atoms with Gasteiger partial charge in [-0.25, -0.2) is 9.78 Å². The van der Waals surface area contributed by atoms with Crippen LogP contribution >= 0.6 is 0 Å². The summed E-state index contributed by atoms with van der Waals surface area (Å²) in [5.74, 6) is -1.62. The topological polar surface area (TPSA) is 52.3 Å². The summed E-state index contributed by atoms with van der Waals surface area (Å²) in [4.78, 5) is 14.7. The van der Waals surface area contributed by atoms with E-state index in [-0.39, 0.29) is 18.1 Å². The second kappa shape index (κ2) is 4.54. The van der Waals surface area contributed by atoms with Crippen LogP contribution in [0.3, 0.4) is 0 Å². The normalized spacial score (nSPS) is 11.6. The molecule has 16 heavy (non-hydrogen) atoms. The lowest BCUT2D eigenvalue weighted by Crippen LogP contribution is -2.11. The van der Waals surface area contributed by atoms with E-state index in [1.54, 1.807) is 6.92 Å². The Morgan fingerprint density at radius 1 is 1.50 bits per heavy atom. The molecule has 0 aliphatic rings. The fourth-order valence-electron chi connectivity index (χ4n) is 1.09. The van der Waals surface area contributed by atoms with Crippen LogP contribution in [0.5, 0.6) is 0 Å². The van der Waals surface area contributed by atoms with Gasteiger partial charge in [0.2, 0.25) is 11.7 Å². The summed E-state index contributed by atoms with van der Waals surface area (Å²) >= 11 is 0. The van der Waals surface area contributed by atoms with Crippen LogP contribution in [0, 0.1) is 6.92 Å². The van der Waals surface area contributed by atoms with Crippen LogP contribution < -0.4 is 0 Å². The highest BCUT2D eigenvalue weighted by Gasteiger charge is 2.32. The maximum absolute atomic E-state index is 12.0. The van der Waals surface area contributed by atoms with E-state index >= 15 is 0 Å². The van der Waals surface area contributed by atoms with Crippen molar-refractivity contribution in [3.05, 3.63) is 17.3 Å². The summed E-state index contributed by atoms with van der Waals surface area (Å²) < 4.78 is 45.3.